The van der Waals surface area contributed by atoms with Crippen LogP contribution in [0.2, 0.25) is 0 Å². The second-order valence-corrected chi connectivity index (χ2v) is 4.74. The van der Waals surface area contributed by atoms with E-state index in [9.17, 15) is 9.50 Å². The molecule has 1 atom stereocenters. The number of aryl methyl sites for hydroxylation is 1. The molecule has 2 nitrogen and oxygen atoms in total. The zero-order chi connectivity index (χ0) is 13.2. The number of hydrogen-bond donors (Lipinski definition) is 1. The minimum atomic E-state index is -0.784. The molecule has 0 radical (unpaired) electrons. The number of rotatable bonds is 2. The molecule has 2 aromatic rings. The summed E-state index contributed by atoms with van der Waals surface area (Å²) in [5, 5.41) is 10.4. The van der Waals surface area contributed by atoms with E-state index in [0.717, 1.165) is 29.7 Å². The van der Waals surface area contributed by atoms with Gasteiger partial charge in [0.15, 0.2) is 0 Å². The van der Waals surface area contributed by atoms with Gasteiger partial charge in [-0.2, -0.15) is 0 Å². The fraction of sp³-hybridized carbons (Fsp3) is 0.250. The van der Waals surface area contributed by atoms with Crippen molar-refractivity contribution in [1.82, 2.24) is 0 Å². The number of hydrogen-bond acceptors (Lipinski definition) is 2. The van der Waals surface area contributed by atoms with Crippen LogP contribution < -0.4 is 4.74 Å². The van der Waals surface area contributed by atoms with Crippen LogP contribution in [0.5, 0.6) is 5.75 Å². The Labute approximate surface area is 111 Å². The van der Waals surface area contributed by atoms with E-state index < -0.39 is 6.10 Å². The third-order valence-electron chi connectivity index (χ3n) is 3.44. The Kier molecular flexibility index (Phi) is 3.22. The molecular weight excluding hydrogens is 243 g/mol. The fourth-order valence-electron chi connectivity index (χ4n) is 2.45. The third kappa shape index (κ3) is 2.34. The molecule has 0 spiro atoms. The predicted octanol–water partition coefficient (Wildman–Crippen LogP) is 3.23. The van der Waals surface area contributed by atoms with Crippen molar-refractivity contribution in [2.75, 3.05) is 6.61 Å². The van der Waals surface area contributed by atoms with Crippen LogP contribution in [-0.4, -0.2) is 11.7 Å². The first-order valence-corrected chi connectivity index (χ1v) is 6.44. The normalized spacial score (nSPS) is 15.5. The highest BCUT2D eigenvalue weighted by Gasteiger charge is 2.20. The summed E-state index contributed by atoms with van der Waals surface area (Å²) in [7, 11) is 0. The highest BCUT2D eigenvalue weighted by atomic mass is 19.1. The third-order valence-corrected chi connectivity index (χ3v) is 3.44. The maximum absolute atomic E-state index is 12.9. The average molecular weight is 258 g/mol. The average Bonchev–Trinajstić information content (AvgIpc) is 2.47. The molecule has 1 aliphatic heterocycles. The highest BCUT2D eigenvalue weighted by Crippen LogP contribution is 2.35. The van der Waals surface area contributed by atoms with Gasteiger partial charge in [0.1, 0.15) is 17.7 Å². The molecule has 1 aliphatic rings. The number of aliphatic hydroxyl groups excluding tert-OH is 1. The van der Waals surface area contributed by atoms with Crippen molar-refractivity contribution in [1.29, 1.82) is 0 Å². The van der Waals surface area contributed by atoms with E-state index in [1.54, 1.807) is 12.1 Å². The van der Waals surface area contributed by atoms with Gasteiger partial charge in [-0.05, 0) is 36.1 Å². The van der Waals surface area contributed by atoms with Crippen LogP contribution in [0.4, 0.5) is 4.39 Å². The standard InChI is InChI=1S/C16H15FO2/c17-13-8-6-11(7-9-13)15(18)14-5-1-3-12-4-2-10-19-16(12)14/h1,3,5-9,15,18H,2,4,10H2. The van der Waals surface area contributed by atoms with Crippen LogP contribution in [0.15, 0.2) is 42.5 Å². The first-order chi connectivity index (χ1) is 9.25. The molecule has 0 aromatic heterocycles. The van der Waals surface area contributed by atoms with Gasteiger partial charge in [0.25, 0.3) is 0 Å². The Bertz CT molecular complexity index is 578. The Balaban J connectivity index is 1.99. The molecule has 98 valence electrons. The molecule has 1 N–H and O–H groups in total. The van der Waals surface area contributed by atoms with Crippen LogP contribution in [0, 0.1) is 5.82 Å². The Morgan fingerprint density at radius 1 is 1.11 bits per heavy atom. The monoisotopic (exact) mass is 258 g/mol. The molecule has 3 heteroatoms. The lowest BCUT2D eigenvalue weighted by atomic mass is 9.95. The van der Waals surface area contributed by atoms with E-state index in [1.165, 1.54) is 12.1 Å². The maximum Gasteiger partial charge on any atom is 0.128 e. The van der Waals surface area contributed by atoms with Crippen LogP contribution in [0.25, 0.3) is 0 Å². The van der Waals surface area contributed by atoms with E-state index in [-0.39, 0.29) is 5.82 Å². The topological polar surface area (TPSA) is 29.5 Å². The van der Waals surface area contributed by atoms with E-state index in [1.807, 2.05) is 18.2 Å². The first-order valence-electron chi connectivity index (χ1n) is 6.44. The van der Waals surface area contributed by atoms with Crippen LogP contribution in [0.3, 0.4) is 0 Å². The summed E-state index contributed by atoms with van der Waals surface area (Å²) < 4.78 is 18.6. The van der Waals surface area contributed by atoms with E-state index in [2.05, 4.69) is 0 Å². The fourth-order valence-corrected chi connectivity index (χ4v) is 2.45. The second-order valence-electron chi connectivity index (χ2n) is 4.74. The number of fused-ring (bicyclic) bond motifs is 1. The summed E-state index contributed by atoms with van der Waals surface area (Å²) in [4.78, 5) is 0. The van der Waals surface area contributed by atoms with Crippen LogP contribution >= 0.6 is 0 Å². The zero-order valence-electron chi connectivity index (χ0n) is 10.5. The molecular formula is C16H15FO2. The zero-order valence-corrected chi connectivity index (χ0v) is 10.5. The lowest BCUT2D eigenvalue weighted by molar-refractivity contribution is 0.206. The van der Waals surface area contributed by atoms with Gasteiger partial charge in [-0.15, -0.1) is 0 Å². The van der Waals surface area contributed by atoms with Gasteiger partial charge in [0.2, 0.25) is 0 Å². The summed E-state index contributed by atoms with van der Waals surface area (Å²) in [6.45, 7) is 0.681. The summed E-state index contributed by atoms with van der Waals surface area (Å²) in [5.41, 5.74) is 2.55. The molecule has 0 fully saturated rings. The molecule has 1 unspecified atom stereocenters. The quantitative estimate of drug-likeness (QED) is 0.896. The largest absolute Gasteiger partial charge is 0.493 e. The maximum atomic E-state index is 12.9. The molecule has 19 heavy (non-hydrogen) atoms. The van der Waals surface area contributed by atoms with Crippen molar-refractivity contribution in [3.05, 3.63) is 65.0 Å². The van der Waals surface area contributed by atoms with Gasteiger partial charge < -0.3 is 9.84 Å². The SMILES string of the molecule is OC(c1ccc(F)cc1)c1cccc2c1OCCC2. The first kappa shape index (κ1) is 12.2. The highest BCUT2D eigenvalue weighted by molar-refractivity contribution is 5.46. The van der Waals surface area contributed by atoms with Crippen LogP contribution in [-0.2, 0) is 6.42 Å². The van der Waals surface area contributed by atoms with Gasteiger partial charge >= 0.3 is 0 Å². The van der Waals surface area contributed by atoms with Crippen molar-refractivity contribution in [3.8, 4) is 5.75 Å². The van der Waals surface area contributed by atoms with Crippen molar-refractivity contribution in [2.45, 2.75) is 18.9 Å². The second kappa shape index (κ2) is 5.02. The van der Waals surface area contributed by atoms with Crippen LogP contribution in [0.1, 0.15) is 29.2 Å². The lowest BCUT2D eigenvalue weighted by Crippen LogP contribution is -2.12. The van der Waals surface area contributed by atoms with Crippen molar-refractivity contribution in [2.24, 2.45) is 0 Å². The smallest absolute Gasteiger partial charge is 0.128 e. The summed E-state index contributed by atoms with van der Waals surface area (Å²) in [6, 6.07) is 11.7. The lowest BCUT2D eigenvalue weighted by Gasteiger charge is -2.23. The molecule has 0 saturated heterocycles. The van der Waals surface area contributed by atoms with Gasteiger partial charge in [0, 0.05) is 5.56 Å². The number of halogens is 1. The number of benzene rings is 2. The molecule has 0 amide bonds. The molecule has 0 saturated carbocycles. The van der Waals surface area contributed by atoms with Crippen molar-refractivity contribution in [3.63, 3.8) is 0 Å². The molecule has 0 bridgehead atoms. The van der Waals surface area contributed by atoms with Gasteiger partial charge in [-0.1, -0.05) is 30.3 Å². The van der Waals surface area contributed by atoms with Gasteiger partial charge in [-0.25, -0.2) is 4.39 Å². The van der Waals surface area contributed by atoms with E-state index in [4.69, 9.17) is 4.74 Å². The Morgan fingerprint density at radius 2 is 1.89 bits per heavy atom. The predicted molar refractivity (Wildman–Crippen MR) is 70.7 cm³/mol. The number of para-hydroxylation sites is 1. The molecule has 1 heterocycles. The van der Waals surface area contributed by atoms with Crippen molar-refractivity contribution < 1.29 is 14.2 Å². The van der Waals surface area contributed by atoms with E-state index in [0.29, 0.717) is 12.2 Å². The van der Waals surface area contributed by atoms with Gasteiger partial charge in [-0.3, -0.25) is 0 Å². The number of ether oxygens (including phenoxy) is 1. The Hall–Kier alpha value is -1.87. The minimum absolute atomic E-state index is 0.303. The summed E-state index contributed by atoms with van der Waals surface area (Å²) >= 11 is 0. The van der Waals surface area contributed by atoms with Crippen molar-refractivity contribution >= 4 is 0 Å². The summed E-state index contributed by atoms with van der Waals surface area (Å²) in [5.74, 6) is 0.480. The minimum Gasteiger partial charge on any atom is -0.493 e. The molecule has 2 aromatic carbocycles. The number of aliphatic hydroxyl groups is 1. The Morgan fingerprint density at radius 3 is 2.68 bits per heavy atom. The summed E-state index contributed by atoms with van der Waals surface area (Å²) in [6.07, 6.45) is 1.19. The molecule has 0 aliphatic carbocycles. The molecule has 3 rings (SSSR count). The van der Waals surface area contributed by atoms with Gasteiger partial charge in [0.05, 0.1) is 6.61 Å². The van der Waals surface area contributed by atoms with E-state index >= 15 is 0 Å².